The van der Waals surface area contributed by atoms with Gasteiger partial charge in [0.25, 0.3) is 0 Å². The summed E-state index contributed by atoms with van der Waals surface area (Å²) < 4.78 is 0. The first kappa shape index (κ1) is 16.4. The Hall–Kier alpha value is -2.09. The molecule has 2 aliphatic rings. The normalized spacial score (nSPS) is 20.2. The van der Waals surface area contributed by atoms with Crippen LogP contribution in [0.4, 0.5) is 0 Å². The van der Waals surface area contributed by atoms with Crippen molar-refractivity contribution in [3.05, 3.63) is 59.7 Å². The smallest absolute Gasteiger partial charge is 0.238 e. The van der Waals surface area contributed by atoms with Crippen LogP contribution in [0.3, 0.4) is 0 Å². The van der Waals surface area contributed by atoms with Crippen molar-refractivity contribution in [3.63, 3.8) is 0 Å². The molecule has 0 aromatic heterocycles. The number of hydrogen-bond donors (Lipinski definition) is 0. The Kier molecular flexibility index (Phi) is 3.57. The topological polar surface area (TPSA) is 20.1 Å². The summed E-state index contributed by atoms with van der Waals surface area (Å²) in [6.45, 7) is 9.76. The van der Waals surface area contributed by atoms with Gasteiger partial charge < -0.3 is 4.90 Å². The van der Waals surface area contributed by atoms with Gasteiger partial charge in [0, 0.05) is 6.54 Å². The van der Waals surface area contributed by atoms with E-state index >= 15 is 0 Å². The first-order chi connectivity index (χ1) is 11.9. The highest BCUT2D eigenvalue weighted by molar-refractivity contribution is 6.01. The summed E-state index contributed by atoms with van der Waals surface area (Å²) in [5.41, 5.74) is 4.48. The molecule has 2 aromatic carbocycles. The van der Waals surface area contributed by atoms with Gasteiger partial charge in [0.1, 0.15) is 5.41 Å². The lowest BCUT2D eigenvalue weighted by Crippen LogP contribution is -2.41. The van der Waals surface area contributed by atoms with E-state index in [1.54, 1.807) is 0 Å². The van der Waals surface area contributed by atoms with Gasteiger partial charge in [-0.2, -0.15) is 0 Å². The first-order valence-corrected chi connectivity index (χ1v) is 9.41. The number of nitrogens with zero attached hydrogens (tertiary/aromatic N) is 1. The van der Waals surface area contributed by atoms with Crippen molar-refractivity contribution < 1.29 is 4.79 Å². The average molecular weight is 333 g/mol. The molecule has 0 radical (unpaired) electrons. The fourth-order valence-corrected chi connectivity index (χ4v) is 4.66. The fourth-order valence-electron chi connectivity index (χ4n) is 4.66. The zero-order valence-electron chi connectivity index (χ0n) is 15.7. The van der Waals surface area contributed by atoms with Gasteiger partial charge in [-0.15, -0.1) is 0 Å². The number of hydrogen-bond acceptors (Lipinski definition) is 1. The van der Waals surface area contributed by atoms with Crippen molar-refractivity contribution in [1.82, 2.24) is 4.90 Å². The van der Waals surface area contributed by atoms with Crippen molar-refractivity contribution in [2.45, 2.75) is 52.0 Å². The lowest BCUT2D eigenvalue weighted by atomic mass is 9.73. The highest BCUT2D eigenvalue weighted by Gasteiger charge is 2.56. The summed E-state index contributed by atoms with van der Waals surface area (Å²) in [5, 5.41) is 0. The summed E-state index contributed by atoms with van der Waals surface area (Å²) >= 11 is 0. The monoisotopic (exact) mass is 333 g/mol. The minimum absolute atomic E-state index is 0.140. The molecule has 4 rings (SSSR count). The first-order valence-electron chi connectivity index (χ1n) is 9.41. The minimum atomic E-state index is -0.512. The Morgan fingerprint density at radius 1 is 1.04 bits per heavy atom. The summed E-state index contributed by atoms with van der Waals surface area (Å²) in [7, 11) is 0. The van der Waals surface area contributed by atoms with E-state index in [1.165, 1.54) is 22.3 Å². The van der Waals surface area contributed by atoms with Crippen molar-refractivity contribution in [3.8, 4) is 11.1 Å². The second-order valence-electron chi connectivity index (χ2n) is 8.59. The molecule has 2 aromatic rings. The molecule has 0 N–H and O–H groups in total. The third kappa shape index (κ3) is 2.27. The third-order valence-corrected chi connectivity index (χ3v) is 5.93. The van der Waals surface area contributed by atoms with Crippen LogP contribution in [0.15, 0.2) is 48.5 Å². The van der Waals surface area contributed by atoms with E-state index in [4.69, 9.17) is 0 Å². The van der Waals surface area contributed by atoms with Crippen molar-refractivity contribution >= 4 is 5.91 Å². The number of benzene rings is 2. The maximum absolute atomic E-state index is 13.8. The molecule has 1 amide bonds. The molecule has 1 saturated heterocycles. The van der Waals surface area contributed by atoms with Crippen LogP contribution in [0, 0.1) is 5.41 Å². The number of carbonyl (C=O) groups is 1. The van der Waals surface area contributed by atoms with Crippen LogP contribution in [-0.4, -0.2) is 23.4 Å². The lowest BCUT2D eigenvalue weighted by molar-refractivity contribution is -0.131. The molecule has 0 bridgehead atoms. The van der Waals surface area contributed by atoms with Gasteiger partial charge in [-0.05, 0) is 34.1 Å². The Labute approximate surface area is 150 Å². The second kappa shape index (κ2) is 5.45. The van der Waals surface area contributed by atoms with Gasteiger partial charge in [0.2, 0.25) is 5.91 Å². The van der Waals surface area contributed by atoms with Crippen LogP contribution >= 0.6 is 0 Å². The third-order valence-electron chi connectivity index (χ3n) is 5.93. The zero-order valence-corrected chi connectivity index (χ0v) is 15.7. The molecule has 0 saturated carbocycles. The van der Waals surface area contributed by atoms with E-state index in [0.29, 0.717) is 11.9 Å². The van der Waals surface area contributed by atoms with Crippen molar-refractivity contribution in [1.29, 1.82) is 0 Å². The maximum Gasteiger partial charge on any atom is 0.238 e. The van der Waals surface area contributed by atoms with Crippen LogP contribution in [0.25, 0.3) is 11.1 Å². The van der Waals surface area contributed by atoms with E-state index in [2.05, 4.69) is 81.1 Å². The van der Waals surface area contributed by atoms with E-state index in [-0.39, 0.29) is 5.41 Å². The van der Waals surface area contributed by atoms with Crippen LogP contribution in [0.1, 0.15) is 51.7 Å². The lowest BCUT2D eigenvalue weighted by Gasteiger charge is -2.32. The summed E-state index contributed by atoms with van der Waals surface area (Å²) in [5.74, 6) is 0.298. The van der Waals surface area contributed by atoms with Crippen LogP contribution in [-0.2, 0) is 10.2 Å². The summed E-state index contributed by atoms with van der Waals surface area (Å²) in [6.07, 6.45) is 1.86. The second-order valence-corrected chi connectivity index (χ2v) is 8.59. The van der Waals surface area contributed by atoms with Gasteiger partial charge in [-0.1, -0.05) is 82.6 Å². The molecule has 1 aliphatic heterocycles. The van der Waals surface area contributed by atoms with Crippen molar-refractivity contribution in [2.24, 2.45) is 5.41 Å². The van der Waals surface area contributed by atoms with Gasteiger partial charge in [0.15, 0.2) is 0 Å². The number of rotatable bonds is 3. The van der Waals surface area contributed by atoms with E-state index in [1.807, 2.05) is 0 Å². The Bertz CT molecular complexity index is 784. The molecule has 1 heterocycles. The molecule has 130 valence electrons. The number of fused-ring (bicyclic) bond motifs is 3. The molecular weight excluding hydrogens is 306 g/mol. The largest absolute Gasteiger partial charge is 0.334 e. The molecular formula is C23H27NO. The minimum Gasteiger partial charge on any atom is -0.334 e. The standard InChI is InChI=1S/C23H27NO/c1-5-14-23(21(25)24-15-20(24)22(2,3)4)18-12-8-6-10-16(18)17-11-7-9-13-19(17)23/h6-13,20H,5,14-15H2,1-4H3. The zero-order chi connectivity index (χ0) is 17.8. The highest BCUT2D eigenvalue weighted by atomic mass is 16.2. The van der Waals surface area contributed by atoms with Crippen molar-refractivity contribution in [2.75, 3.05) is 6.54 Å². The van der Waals surface area contributed by atoms with Crippen LogP contribution < -0.4 is 0 Å². The van der Waals surface area contributed by atoms with E-state index in [0.717, 1.165) is 19.4 Å². The quantitative estimate of drug-likeness (QED) is 0.723. The van der Waals surface area contributed by atoms with Gasteiger partial charge >= 0.3 is 0 Å². The predicted molar refractivity (Wildman–Crippen MR) is 103 cm³/mol. The number of amides is 1. The Morgan fingerprint density at radius 3 is 2.00 bits per heavy atom. The Balaban J connectivity index is 1.88. The average Bonchev–Trinajstić information content (AvgIpc) is 3.36. The molecule has 0 spiro atoms. The molecule has 2 nitrogen and oxygen atoms in total. The summed E-state index contributed by atoms with van der Waals surface area (Å²) in [4.78, 5) is 15.9. The molecule has 2 heteroatoms. The van der Waals surface area contributed by atoms with E-state index < -0.39 is 5.41 Å². The van der Waals surface area contributed by atoms with E-state index in [9.17, 15) is 4.79 Å². The Morgan fingerprint density at radius 2 is 1.56 bits per heavy atom. The molecule has 1 atom stereocenters. The highest BCUT2D eigenvalue weighted by Crippen LogP contribution is 2.53. The summed E-state index contributed by atoms with van der Waals surface area (Å²) in [6, 6.07) is 17.3. The number of carbonyl (C=O) groups excluding carboxylic acids is 1. The van der Waals surface area contributed by atoms with Crippen LogP contribution in [0.2, 0.25) is 0 Å². The molecule has 1 unspecified atom stereocenters. The molecule has 1 fully saturated rings. The fraction of sp³-hybridized carbons (Fsp3) is 0.435. The maximum atomic E-state index is 13.8. The van der Waals surface area contributed by atoms with Gasteiger partial charge in [-0.3, -0.25) is 4.79 Å². The van der Waals surface area contributed by atoms with Crippen LogP contribution in [0.5, 0.6) is 0 Å². The SMILES string of the molecule is CCCC1(C(=O)N2CC2C(C)(C)C)c2ccccc2-c2ccccc21. The molecule has 1 aliphatic carbocycles. The predicted octanol–water partition coefficient (Wildman–Crippen LogP) is 5.01. The molecule has 25 heavy (non-hydrogen) atoms. The van der Waals surface area contributed by atoms with Gasteiger partial charge in [-0.25, -0.2) is 0 Å². The van der Waals surface area contributed by atoms with Gasteiger partial charge in [0.05, 0.1) is 6.04 Å².